The molecule has 0 aromatic carbocycles. The van der Waals surface area contributed by atoms with E-state index >= 15 is 0 Å². The highest BCUT2D eigenvalue weighted by Gasteiger charge is 2.58. The second-order valence-electron chi connectivity index (χ2n) is 10.1. The second kappa shape index (κ2) is 5.67. The molecule has 2 fully saturated rings. The highest BCUT2D eigenvalue weighted by atomic mass is 16.1. The molecule has 0 radical (unpaired) electrons. The van der Waals surface area contributed by atoms with E-state index in [-0.39, 0.29) is 11.0 Å². The number of ketones is 1. The molecule has 4 bridgehead atoms. The first kappa shape index (κ1) is 18.6. The summed E-state index contributed by atoms with van der Waals surface area (Å²) in [5, 5.41) is 0. The molecule has 0 aliphatic heterocycles. The Kier molecular flexibility index (Phi) is 4.23. The lowest BCUT2D eigenvalue weighted by Gasteiger charge is -2.62. The maximum atomic E-state index is 11.4. The van der Waals surface area contributed by atoms with Gasteiger partial charge < -0.3 is 5.73 Å². The molecule has 2 saturated carbocycles. The smallest absolute Gasteiger partial charge is 0.159 e. The molecular formula is C23H35NO. The van der Waals surface area contributed by atoms with E-state index in [0.29, 0.717) is 29.0 Å². The van der Waals surface area contributed by atoms with Crippen molar-refractivity contribution in [1.82, 2.24) is 0 Å². The van der Waals surface area contributed by atoms with Gasteiger partial charge >= 0.3 is 0 Å². The lowest BCUT2D eigenvalue weighted by atomic mass is 9.43. The van der Waals surface area contributed by atoms with Gasteiger partial charge in [0.25, 0.3) is 0 Å². The maximum Gasteiger partial charge on any atom is 0.159 e. The van der Waals surface area contributed by atoms with Crippen LogP contribution in [0, 0.1) is 34.5 Å². The number of carbonyl (C=O) groups excluding carboxylic acids is 1. The number of hydrogen-bond acceptors (Lipinski definition) is 2. The molecule has 0 saturated heterocycles. The third-order valence-corrected chi connectivity index (χ3v) is 7.99. The van der Waals surface area contributed by atoms with Crippen molar-refractivity contribution in [2.24, 2.45) is 40.2 Å². The zero-order chi connectivity index (χ0) is 18.8. The molecule has 6 aliphatic carbocycles. The molecule has 2 N–H and O–H groups in total. The minimum absolute atomic E-state index is 0.121. The fourth-order valence-electron chi connectivity index (χ4n) is 6.29. The molecule has 25 heavy (non-hydrogen) atoms. The average molecular weight is 342 g/mol. The Morgan fingerprint density at radius 2 is 1.68 bits per heavy atom. The van der Waals surface area contributed by atoms with Crippen molar-refractivity contribution >= 4 is 5.78 Å². The van der Waals surface area contributed by atoms with Gasteiger partial charge in [0, 0.05) is 11.5 Å². The van der Waals surface area contributed by atoms with Crippen LogP contribution in [0.3, 0.4) is 0 Å². The molecule has 3 unspecified atom stereocenters. The van der Waals surface area contributed by atoms with Gasteiger partial charge in [-0.15, -0.1) is 6.58 Å². The topological polar surface area (TPSA) is 43.1 Å². The minimum atomic E-state index is -0.121. The minimum Gasteiger partial charge on any atom is -0.321 e. The Bertz CT molecular complexity index is 666. The van der Waals surface area contributed by atoms with Crippen molar-refractivity contribution in [2.45, 2.75) is 66.3 Å². The summed E-state index contributed by atoms with van der Waals surface area (Å²) in [7, 11) is 0. The number of hydrogen-bond donors (Lipinski definition) is 1. The summed E-state index contributed by atoms with van der Waals surface area (Å²) in [5.41, 5.74) is 9.79. The van der Waals surface area contributed by atoms with E-state index in [9.17, 15) is 4.79 Å². The summed E-state index contributed by atoms with van der Waals surface area (Å²) in [6, 6.07) is 0. The molecule has 6 rings (SSSR count). The predicted molar refractivity (Wildman–Crippen MR) is 105 cm³/mol. The van der Waals surface area contributed by atoms with Crippen molar-refractivity contribution in [1.29, 1.82) is 0 Å². The summed E-state index contributed by atoms with van der Waals surface area (Å²) < 4.78 is 0. The van der Waals surface area contributed by atoms with Crippen molar-refractivity contribution in [3.8, 4) is 0 Å². The lowest BCUT2D eigenvalue weighted by molar-refractivity contribution is -0.133. The molecule has 0 heterocycles. The highest BCUT2D eigenvalue weighted by molar-refractivity contribution is 5.95. The number of fused-ring (bicyclic) bond motifs is 2. The van der Waals surface area contributed by atoms with E-state index in [0.717, 1.165) is 18.8 Å². The van der Waals surface area contributed by atoms with Crippen LogP contribution in [0.5, 0.6) is 0 Å². The van der Waals surface area contributed by atoms with Crippen LogP contribution in [0.1, 0.15) is 60.8 Å². The molecule has 2 heteroatoms. The van der Waals surface area contributed by atoms with E-state index in [1.165, 1.54) is 17.6 Å². The van der Waals surface area contributed by atoms with E-state index in [1.54, 1.807) is 0 Å². The first-order valence-corrected chi connectivity index (χ1v) is 9.76. The Hall–Kier alpha value is -1.15. The molecular weight excluding hydrogens is 306 g/mol. The van der Waals surface area contributed by atoms with Crippen LogP contribution < -0.4 is 5.73 Å². The third kappa shape index (κ3) is 2.60. The molecule has 0 aromatic rings. The highest BCUT2D eigenvalue weighted by Crippen LogP contribution is 2.62. The first-order valence-electron chi connectivity index (χ1n) is 9.76. The van der Waals surface area contributed by atoms with Crippen molar-refractivity contribution < 1.29 is 4.79 Å². The quantitative estimate of drug-likeness (QED) is 0.713. The standard InChI is InChI=1S/C13H21N.C10H14O/c1-5-6-13(14)8-9(2)10-7-11(13)12(10,3)4;1-6-4-9(11)8-5-7(6)10(8,2)3/h5,8,10-11H,1,6-7,14H2,2-4H3;4,7-8H,5H2,1-3H3/t10-,11?,13-;/m0./s1. The van der Waals surface area contributed by atoms with Crippen LogP contribution in [-0.4, -0.2) is 11.3 Å². The fourth-order valence-corrected chi connectivity index (χ4v) is 6.29. The molecule has 0 spiro atoms. The summed E-state index contributed by atoms with van der Waals surface area (Å²) in [4.78, 5) is 11.4. The van der Waals surface area contributed by atoms with Crippen molar-refractivity contribution in [3.63, 3.8) is 0 Å². The first-order chi connectivity index (χ1) is 11.4. The van der Waals surface area contributed by atoms with Crippen LogP contribution in [-0.2, 0) is 4.79 Å². The monoisotopic (exact) mass is 341 g/mol. The van der Waals surface area contributed by atoms with Crippen LogP contribution in [0.25, 0.3) is 0 Å². The van der Waals surface area contributed by atoms with Crippen LogP contribution in [0.4, 0.5) is 0 Å². The Labute approximate surface area is 153 Å². The van der Waals surface area contributed by atoms with Gasteiger partial charge in [-0.2, -0.15) is 0 Å². The van der Waals surface area contributed by atoms with Crippen molar-refractivity contribution in [2.75, 3.05) is 0 Å². The van der Waals surface area contributed by atoms with E-state index in [4.69, 9.17) is 5.73 Å². The van der Waals surface area contributed by atoms with E-state index in [1.807, 2.05) is 12.2 Å². The third-order valence-electron chi connectivity index (χ3n) is 7.99. The number of rotatable bonds is 2. The Balaban J connectivity index is 0.000000150. The summed E-state index contributed by atoms with van der Waals surface area (Å²) in [6.07, 6.45) is 9.38. The fraction of sp³-hybridized carbons (Fsp3) is 0.696. The molecule has 2 nitrogen and oxygen atoms in total. The summed E-state index contributed by atoms with van der Waals surface area (Å²) in [6.45, 7) is 17.3. The van der Waals surface area contributed by atoms with Crippen LogP contribution >= 0.6 is 0 Å². The zero-order valence-corrected chi connectivity index (χ0v) is 16.9. The molecule has 6 aliphatic rings. The van der Waals surface area contributed by atoms with Gasteiger partial charge in [-0.05, 0) is 67.8 Å². The molecule has 0 amide bonds. The molecule has 5 atom stereocenters. The summed E-state index contributed by atoms with van der Waals surface area (Å²) in [5.74, 6) is 2.78. The van der Waals surface area contributed by atoms with Crippen molar-refractivity contribution in [3.05, 3.63) is 36.0 Å². The second-order valence-corrected chi connectivity index (χ2v) is 10.1. The van der Waals surface area contributed by atoms with Crippen LogP contribution in [0.15, 0.2) is 36.0 Å². The lowest BCUT2D eigenvalue weighted by Crippen LogP contribution is -2.63. The number of nitrogens with two attached hydrogens (primary N) is 1. The van der Waals surface area contributed by atoms with E-state index < -0.39 is 0 Å². The summed E-state index contributed by atoms with van der Waals surface area (Å²) >= 11 is 0. The SMILES string of the molecule is C=CC[C@]1(N)C=C(C)[C@@H]2CC1C2(C)C.CC1=CC(=O)C2CC1C2(C)C. The van der Waals surface area contributed by atoms with Gasteiger partial charge in [-0.1, -0.05) is 51.0 Å². The van der Waals surface area contributed by atoms with Gasteiger partial charge in [0.1, 0.15) is 0 Å². The average Bonchev–Trinajstić information content (AvgIpc) is 2.44. The Morgan fingerprint density at radius 3 is 2.08 bits per heavy atom. The zero-order valence-electron chi connectivity index (χ0n) is 16.9. The molecule has 0 aromatic heterocycles. The predicted octanol–water partition coefficient (Wildman–Crippen LogP) is 5.06. The molecule has 138 valence electrons. The number of carbonyl (C=O) groups is 1. The Morgan fingerprint density at radius 1 is 1.08 bits per heavy atom. The van der Waals surface area contributed by atoms with Gasteiger partial charge in [0.2, 0.25) is 0 Å². The van der Waals surface area contributed by atoms with Gasteiger partial charge in [-0.25, -0.2) is 0 Å². The number of allylic oxidation sites excluding steroid dienone is 3. The van der Waals surface area contributed by atoms with Gasteiger partial charge in [0.15, 0.2) is 5.78 Å². The van der Waals surface area contributed by atoms with Gasteiger partial charge in [-0.3, -0.25) is 4.79 Å². The normalized spacial score (nSPS) is 42.0. The van der Waals surface area contributed by atoms with E-state index in [2.05, 4.69) is 54.2 Å². The van der Waals surface area contributed by atoms with Crippen LogP contribution in [0.2, 0.25) is 0 Å². The largest absolute Gasteiger partial charge is 0.321 e. The van der Waals surface area contributed by atoms with Gasteiger partial charge in [0.05, 0.1) is 0 Å². The maximum absolute atomic E-state index is 11.4.